The number of nitrogens with zero attached hydrogens (tertiary/aromatic N) is 6. The largest absolute Gasteiger partial charge is 0.490 e. The first-order valence-corrected chi connectivity index (χ1v) is 8.74. The van der Waals surface area contributed by atoms with Gasteiger partial charge in [0.2, 0.25) is 0 Å². The Bertz CT molecular complexity index is 755. The van der Waals surface area contributed by atoms with E-state index in [2.05, 4.69) is 24.8 Å². The molecule has 1 aliphatic carbocycles. The number of hydrogen-bond acceptors (Lipinski definition) is 5. The van der Waals surface area contributed by atoms with E-state index in [4.69, 9.17) is 9.90 Å². The van der Waals surface area contributed by atoms with Crippen molar-refractivity contribution < 1.29 is 23.1 Å². The molecule has 0 bridgehead atoms. The minimum atomic E-state index is -5.08. The number of hydrogen-bond donors (Lipinski definition) is 1. The molecule has 8 nitrogen and oxygen atoms in total. The zero-order chi connectivity index (χ0) is 19.4. The molecule has 3 heterocycles. The van der Waals surface area contributed by atoms with Crippen LogP contribution in [0.5, 0.6) is 0 Å². The first-order valence-electron chi connectivity index (χ1n) is 8.74. The maximum absolute atomic E-state index is 10.6. The molecule has 0 unspecified atom stereocenters. The number of alkyl halides is 3. The Balaban J connectivity index is 0.000000260. The molecule has 0 amide bonds. The quantitative estimate of drug-likeness (QED) is 0.862. The minimum Gasteiger partial charge on any atom is -0.475 e. The Hall–Kier alpha value is -2.43. The van der Waals surface area contributed by atoms with Gasteiger partial charge in [-0.15, -0.1) is 10.2 Å². The molecule has 1 saturated carbocycles. The Morgan fingerprint density at radius 1 is 1.26 bits per heavy atom. The van der Waals surface area contributed by atoms with Gasteiger partial charge in [-0.3, -0.25) is 9.58 Å². The van der Waals surface area contributed by atoms with E-state index in [1.54, 1.807) is 6.20 Å². The van der Waals surface area contributed by atoms with Crippen LogP contribution in [0.15, 0.2) is 18.5 Å². The number of carboxylic acid groups (broad SMARTS) is 1. The third-order valence-electron chi connectivity index (χ3n) is 4.44. The summed E-state index contributed by atoms with van der Waals surface area (Å²) in [6, 6.07) is 1.94. The molecule has 11 heteroatoms. The number of halogens is 3. The van der Waals surface area contributed by atoms with Crippen molar-refractivity contribution in [1.82, 2.24) is 29.4 Å². The molecule has 4 rings (SSSR count). The molecule has 0 radical (unpaired) electrons. The highest BCUT2D eigenvalue weighted by atomic mass is 19.4. The van der Waals surface area contributed by atoms with E-state index in [0.717, 1.165) is 30.7 Å². The Labute approximate surface area is 153 Å². The topological polar surface area (TPSA) is 89.1 Å². The normalized spacial score (nSPS) is 17.6. The second-order valence-corrected chi connectivity index (χ2v) is 6.72. The highest BCUT2D eigenvalue weighted by molar-refractivity contribution is 5.73. The second-order valence-electron chi connectivity index (χ2n) is 6.72. The summed E-state index contributed by atoms with van der Waals surface area (Å²) in [5, 5.41) is 20.2. The summed E-state index contributed by atoms with van der Waals surface area (Å²) in [6.45, 7) is 5.10. The summed E-state index contributed by atoms with van der Waals surface area (Å²) in [6.07, 6.45) is 2.69. The van der Waals surface area contributed by atoms with E-state index in [0.29, 0.717) is 6.54 Å². The van der Waals surface area contributed by atoms with E-state index in [1.807, 2.05) is 16.9 Å². The van der Waals surface area contributed by atoms with Crippen LogP contribution in [0.25, 0.3) is 0 Å². The summed E-state index contributed by atoms with van der Waals surface area (Å²) in [5.74, 6) is 0.322. The number of carboxylic acids is 1. The molecule has 1 fully saturated rings. The molecule has 27 heavy (non-hydrogen) atoms. The standard InChI is InChI=1S/C14H20N6.C2HF3O2/c1-5-15-19(7-1)11-14-17-16-13-10-18(9-12-3-4-12)6-2-8-20(13)14;3-2(4,5)1(6)7/h1,5,7,12H,2-4,6,8-11H2;(H,6,7). The smallest absolute Gasteiger partial charge is 0.475 e. The van der Waals surface area contributed by atoms with Crippen LogP contribution in [0.1, 0.15) is 30.9 Å². The lowest BCUT2D eigenvalue weighted by atomic mass is 10.3. The molecule has 0 saturated heterocycles. The SMILES string of the molecule is O=C(O)C(F)(F)F.c1cnn(Cc2nnc3n2CCCN(CC2CC2)C3)c1. The van der Waals surface area contributed by atoms with Gasteiger partial charge in [0.25, 0.3) is 0 Å². The number of carbonyl (C=O) groups is 1. The van der Waals surface area contributed by atoms with E-state index in [-0.39, 0.29) is 0 Å². The highest BCUT2D eigenvalue weighted by Crippen LogP contribution is 2.30. The average molecular weight is 386 g/mol. The third kappa shape index (κ3) is 5.52. The molecule has 2 aromatic heterocycles. The zero-order valence-corrected chi connectivity index (χ0v) is 14.6. The predicted molar refractivity (Wildman–Crippen MR) is 87.7 cm³/mol. The van der Waals surface area contributed by atoms with Crippen LogP contribution >= 0.6 is 0 Å². The van der Waals surface area contributed by atoms with Crippen molar-refractivity contribution in [2.75, 3.05) is 13.1 Å². The van der Waals surface area contributed by atoms with Gasteiger partial charge in [0.1, 0.15) is 12.4 Å². The zero-order valence-electron chi connectivity index (χ0n) is 14.6. The maximum Gasteiger partial charge on any atom is 0.490 e. The van der Waals surface area contributed by atoms with E-state index < -0.39 is 12.1 Å². The van der Waals surface area contributed by atoms with Crippen LogP contribution < -0.4 is 0 Å². The highest BCUT2D eigenvalue weighted by Gasteiger charge is 2.38. The lowest BCUT2D eigenvalue weighted by molar-refractivity contribution is -0.192. The van der Waals surface area contributed by atoms with E-state index in [1.165, 1.54) is 32.4 Å². The van der Waals surface area contributed by atoms with Crippen LogP contribution in [0.3, 0.4) is 0 Å². The van der Waals surface area contributed by atoms with Crippen molar-refractivity contribution >= 4 is 5.97 Å². The van der Waals surface area contributed by atoms with Crippen LogP contribution in [0.2, 0.25) is 0 Å². The monoisotopic (exact) mass is 386 g/mol. The molecule has 0 spiro atoms. The van der Waals surface area contributed by atoms with Gasteiger partial charge < -0.3 is 9.67 Å². The van der Waals surface area contributed by atoms with E-state index >= 15 is 0 Å². The third-order valence-corrected chi connectivity index (χ3v) is 4.44. The van der Waals surface area contributed by atoms with Crippen molar-refractivity contribution in [3.05, 3.63) is 30.1 Å². The van der Waals surface area contributed by atoms with Gasteiger partial charge in [0.15, 0.2) is 5.82 Å². The van der Waals surface area contributed by atoms with Gasteiger partial charge in [-0.25, -0.2) is 4.79 Å². The van der Waals surface area contributed by atoms with Crippen molar-refractivity contribution in [3.8, 4) is 0 Å². The number of rotatable bonds is 4. The van der Waals surface area contributed by atoms with Crippen LogP contribution in [0, 0.1) is 5.92 Å². The molecule has 2 aliphatic rings. The molecule has 0 atom stereocenters. The van der Waals surface area contributed by atoms with Gasteiger partial charge in [0, 0.05) is 32.0 Å². The Morgan fingerprint density at radius 3 is 2.59 bits per heavy atom. The molecule has 2 aromatic rings. The molecule has 1 aliphatic heterocycles. The van der Waals surface area contributed by atoms with Crippen LogP contribution in [0.4, 0.5) is 13.2 Å². The van der Waals surface area contributed by atoms with Crippen LogP contribution in [-0.4, -0.2) is 59.8 Å². The van der Waals surface area contributed by atoms with Gasteiger partial charge in [-0.2, -0.15) is 18.3 Å². The number of aliphatic carboxylic acids is 1. The van der Waals surface area contributed by atoms with Gasteiger partial charge in [-0.05, 0) is 31.2 Å². The fourth-order valence-electron chi connectivity index (χ4n) is 2.96. The summed E-state index contributed by atoms with van der Waals surface area (Å²) in [4.78, 5) is 11.4. The minimum absolute atomic E-state index is 0.711. The summed E-state index contributed by atoms with van der Waals surface area (Å²) in [5.41, 5.74) is 0. The van der Waals surface area contributed by atoms with Crippen LogP contribution in [-0.2, 0) is 24.4 Å². The lowest BCUT2D eigenvalue weighted by Gasteiger charge is -2.18. The molecule has 0 aromatic carbocycles. The number of fused-ring (bicyclic) bond motifs is 1. The Morgan fingerprint density at radius 2 is 2.00 bits per heavy atom. The van der Waals surface area contributed by atoms with Crippen molar-refractivity contribution in [2.45, 2.75) is 45.1 Å². The molecular weight excluding hydrogens is 365 g/mol. The molecule has 1 N–H and O–H groups in total. The first-order chi connectivity index (χ1) is 12.8. The first kappa shape index (κ1) is 19.3. The molecule has 148 valence electrons. The summed E-state index contributed by atoms with van der Waals surface area (Å²) in [7, 11) is 0. The van der Waals surface area contributed by atoms with Crippen molar-refractivity contribution in [3.63, 3.8) is 0 Å². The van der Waals surface area contributed by atoms with E-state index in [9.17, 15) is 13.2 Å². The fraction of sp³-hybridized carbons (Fsp3) is 0.625. The summed E-state index contributed by atoms with van der Waals surface area (Å²) < 4.78 is 35.9. The lowest BCUT2D eigenvalue weighted by Crippen LogP contribution is -2.25. The average Bonchev–Trinajstić information content (AvgIpc) is 3.19. The second kappa shape index (κ2) is 8.07. The molecular formula is C16H21F3N6O2. The Kier molecular flexibility index (Phi) is 5.78. The van der Waals surface area contributed by atoms with Gasteiger partial charge >= 0.3 is 12.1 Å². The maximum atomic E-state index is 10.6. The number of aromatic nitrogens is 5. The van der Waals surface area contributed by atoms with Gasteiger partial charge in [0.05, 0.1) is 6.54 Å². The van der Waals surface area contributed by atoms with Crippen molar-refractivity contribution in [1.29, 1.82) is 0 Å². The van der Waals surface area contributed by atoms with Gasteiger partial charge in [-0.1, -0.05) is 0 Å². The summed E-state index contributed by atoms with van der Waals surface area (Å²) >= 11 is 0. The fourth-order valence-corrected chi connectivity index (χ4v) is 2.96. The predicted octanol–water partition coefficient (Wildman–Crippen LogP) is 1.77. The van der Waals surface area contributed by atoms with Crippen molar-refractivity contribution in [2.24, 2.45) is 5.92 Å².